The van der Waals surface area contributed by atoms with Gasteiger partial charge >= 0.3 is 0 Å². The second-order valence-corrected chi connectivity index (χ2v) is 4.21. The van der Waals surface area contributed by atoms with Crippen LogP contribution in [0.4, 0.5) is 0 Å². The molecule has 0 aromatic rings. The zero-order valence-electron chi connectivity index (χ0n) is 8.49. The van der Waals surface area contributed by atoms with E-state index >= 15 is 0 Å². The lowest BCUT2D eigenvalue weighted by Gasteiger charge is -2.21. The summed E-state index contributed by atoms with van der Waals surface area (Å²) in [5, 5.41) is 4.15. The number of oxime groups is 1. The van der Waals surface area contributed by atoms with Gasteiger partial charge in [0.25, 0.3) is 0 Å². The fourth-order valence-electron chi connectivity index (χ4n) is 2.67. The minimum Gasteiger partial charge on any atom is -0.399 e. The monoisotopic (exact) mass is 182 g/mol. The van der Waals surface area contributed by atoms with Gasteiger partial charge in [-0.1, -0.05) is 5.16 Å². The topological polar surface area (TPSA) is 24.8 Å². The van der Waals surface area contributed by atoms with Gasteiger partial charge in [0.1, 0.15) is 7.11 Å². The molecule has 1 heterocycles. The van der Waals surface area contributed by atoms with Crippen molar-refractivity contribution in [3.05, 3.63) is 0 Å². The Kier molecular flexibility index (Phi) is 2.54. The van der Waals surface area contributed by atoms with E-state index in [1.807, 2.05) is 0 Å². The van der Waals surface area contributed by atoms with E-state index in [-0.39, 0.29) is 0 Å². The molecule has 2 aliphatic rings. The van der Waals surface area contributed by atoms with Crippen molar-refractivity contribution in [3.63, 3.8) is 0 Å². The van der Waals surface area contributed by atoms with Crippen molar-refractivity contribution in [2.75, 3.05) is 20.7 Å². The van der Waals surface area contributed by atoms with Gasteiger partial charge in [0.05, 0.1) is 11.8 Å². The Bertz CT molecular complexity index is 215. The Hall–Kier alpha value is -0.570. The predicted octanol–water partition coefficient (Wildman–Crippen LogP) is 1.49. The molecule has 0 amide bonds. The van der Waals surface area contributed by atoms with E-state index in [1.54, 1.807) is 7.11 Å². The van der Waals surface area contributed by atoms with Gasteiger partial charge < -0.3 is 4.84 Å². The highest BCUT2D eigenvalue weighted by atomic mass is 16.6. The maximum absolute atomic E-state index is 4.90. The first kappa shape index (κ1) is 9.00. The minimum absolute atomic E-state index is 0.562. The summed E-state index contributed by atoms with van der Waals surface area (Å²) in [4.78, 5) is 7.32. The molecule has 0 N–H and O–H groups in total. The van der Waals surface area contributed by atoms with Gasteiger partial charge in [-0.3, -0.25) is 4.90 Å². The van der Waals surface area contributed by atoms with Crippen LogP contribution in [-0.2, 0) is 4.84 Å². The molecule has 2 unspecified atom stereocenters. The summed E-state index contributed by atoms with van der Waals surface area (Å²) < 4.78 is 0. The highest BCUT2D eigenvalue weighted by Crippen LogP contribution is 2.31. The van der Waals surface area contributed by atoms with Crippen molar-refractivity contribution in [3.8, 4) is 0 Å². The molecular formula is C10H18N2O. The minimum atomic E-state index is 0.562. The molecule has 1 aliphatic carbocycles. The molecule has 0 aromatic carbocycles. The fourth-order valence-corrected chi connectivity index (χ4v) is 2.67. The Labute approximate surface area is 79.7 Å². The number of nitrogens with zero attached hydrogens (tertiary/aromatic N) is 2. The Morgan fingerprint density at radius 3 is 3.15 bits per heavy atom. The van der Waals surface area contributed by atoms with Crippen molar-refractivity contribution in [1.29, 1.82) is 0 Å². The Morgan fingerprint density at radius 1 is 1.54 bits per heavy atom. The van der Waals surface area contributed by atoms with E-state index in [4.69, 9.17) is 4.84 Å². The number of rotatable bonds is 1. The van der Waals surface area contributed by atoms with Crippen LogP contribution in [0.25, 0.3) is 0 Å². The molecule has 3 nitrogen and oxygen atoms in total. The first-order valence-corrected chi connectivity index (χ1v) is 5.11. The van der Waals surface area contributed by atoms with Crippen molar-refractivity contribution in [1.82, 2.24) is 4.90 Å². The lowest BCUT2D eigenvalue weighted by atomic mass is 10.0. The molecule has 0 aromatic heterocycles. The fraction of sp³-hybridized carbons (Fsp3) is 0.900. The van der Waals surface area contributed by atoms with Crippen LogP contribution >= 0.6 is 0 Å². The van der Waals surface area contributed by atoms with Crippen LogP contribution in [0, 0.1) is 5.92 Å². The highest BCUT2D eigenvalue weighted by Gasteiger charge is 2.35. The van der Waals surface area contributed by atoms with Gasteiger partial charge in [-0.25, -0.2) is 0 Å². The SMILES string of the molecule is CON=C1CCCC2CC1N(C)C2. The normalized spacial score (nSPS) is 37.8. The second-order valence-electron chi connectivity index (χ2n) is 4.21. The van der Waals surface area contributed by atoms with Crippen molar-refractivity contribution in [2.45, 2.75) is 31.7 Å². The quantitative estimate of drug-likeness (QED) is 0.574. The van der Waals surface area contributed by atoms with Crippen LogP contribution < -0.4 is 0 Å². The summed E-state index contributed by atoms with van der Waals surface area (Å²) in [6.07, 6.45) is 5.07. The standard InChI is InChI=1S/C10H18N2O/c1-12-7-8-4-3-5-9(11-13-2)10(12)6-8/h8,10H,3-7H2,1-2H3. The van der Waals surface area contributed by atoms with Crippen LogP contribution in [0.2, 0.25) is 0 Å². The summed E-state index contributed by atoms with van der Waals surface area (Å²) in [7, 11) is 3.84. The number of hydrogen-bond donors (Lipinski definition) is 0. The summed E-state index contributed by atoms with van der Waals surface area (Å²) >= 11 is 0. The van der Waals surface area contributed by atoms with Gasteiger partial charge in [-0.05, 0) is 38.6 Å². The molecule has 2 bridgehead atoms. The van der Waals surface area contributed by atoms with E-state index in [2.05, 4.69) is 17.1 Å². The zero-order chi connectivity index (χ0) is 9.26. The van der Waals surface area contributed by atoms with Gasteiger partial charge in [-0.15, -0.1) is 0 Å². The summed E-state index contributed by atoms with van der Waals surface area (Å²) in [6, 6.07) is 0.562. The van der Waals surface area contributed by atoms with Crippen molar-refractivity contribution in [2.24, 2.45) is 11.1 Å². The Balaban J connectivity index is 2.14. The molecular weight excluding hydrogens is 164 g/mol. The molecule has 2 fully saturated rings. The Morgan fingerprint density at radius 2 is 2.38 bits per heavy atom. The number of likely N-dealkylation sites (tertiary alicyclic amines) is 1. The van der Waals surface area contributed by atoms with E-state index in [0.717, 1.165) is 12.3 Å². The number of hydrogen-bond acceptors (Lipinski definition) is 3. The van der Waals surface area contributed by atoms with Gasteiger partial charge in [0, 0.05) is 6.54 Å². The van der Waals surface area contributed by atoms with E-state index < -0.39 is 0 Å². The van der Waals surface area contributed by atoms with E-state index in [1.165, 1.54) is 31.5 Å². The molecule has 1 saturated heterocycles. The second kappa shape index (κ2) is 3.66. The molecule has 1 aliphatic heterocycles. The molecule has 3 heteroatoms. The molecule has 13 heavy (non-hydrogen) atoms. The van der Waals surface area contributed by atoms with E-state index in [0.29, 0.717) is 6.04 Å². The highest BCUT2D eigenvalue weighted by molar-refractivity contribution is 5.89. The molecule has 2 rings (SSSR count). The number of fused-ring (bicyclic) bond motifs is 2. The van der Waals surface area contributed by atoms with E-state index in [9.17, 15) is 0 Å². The molecule has 1 saturated carbocycles. The average molecular weight is 182 g/mol. The van der Waals surface area contributed by atoms with Crippen LogP contribution in [-0.4, -0.2) is 37.4 Å². The maximum atomic E-state index is 4.90. The molecule has 74 valence electrons. The summed E-state index contributed by atoms with van der Waals surface area (Å²) in [5.41, 5.74) is 1.25. The summed E-state index contributed by atoms with van der Waals surface area (Å²) in [5.74, 6) is 0.902. The smallest absolute Gasteiger partial charge is 0.106 e. The third-order valence-electron chi connectivity index (χ3n) is 3.27. The van der Waals surface area contributed by atoms with Gasteiger partial charge in [-0.2, -0.15) is 0 Å². The average Bonchev–Trinajstić information content (AvgIpc) is 2.31. The van der Waals surface area contributed by atoms with Crippen LogP contribution in [0.3, 0.4) is 0 Å². The molecule has 2 atom stereocenters. The zero-order valence-corrected chi connectivity index (χ0v) is 8.49. The van der Waals surface area contributed by atoms with Gasteiger partial charge in [0.2, 0.25) is 0 Å². The lowest BCUT2D eigenvalue weighted by Crippen LogP contribution is -2.33. The van der Waals surface area contributed by atoms with Crippen molar-refractivity contribution >= 4 is 5.71 Å². The van der Waals surface area contributed by atoms with Gasteiger partial charge in [0.15, 0.2) is 0 Å². The maximum Gasteiger partial charge on any atom is 0.106 e. The van der Waals surface area contributed by atoms with Crippen molar-refractivity contribution < 1.29 is 4.84 Å². The molecule has 0 radical (unpaired) electrons. The predicted molar refractivity (Wildman–Crippen MR) is 52.8 cm³/mol. The first-order chi connectivity index (χ1) is 6.31. The third kappa shape index (κ3) is 1.70. The van der Waals surface area contributed by atoms with Crippen LogP contribution in [0.1, 0.15) is 25.7 Å². The van der Waals surface area contributed by atoms with Crippen LogP contribution in [0.15, 0.2) is 5.16 Å². The van der Waals surface area contributed by atoms with Crippen LogP contribution in [0.5, 0.6) is 0 Å². The third-order valence-corrected chi connectivity index (χ3v) is 3.27. The molecule has 0 spiro atoms. The lowest BCUT2D eigenvalue weighted by molar-refractivity contribution is 0.207. The first-order valence-electron chi connectivity index (χ1n) is 5.11. The summed E-state index contributed by atoms with van der Waals surface area (Å²) in [6.45, 7) is 1.24. The largest absolute Gasteiger partial charge is 0.399 e.